The van der Waals surface area contributed by atoms with Gasteiger partial charge in [-0.15, -0.1) is 0 Å². The van der Waals surface area contributed by atoms with Crippen molar-refractivity contribution in [1.82, 2.24) is 4.98 Å². The van der Waals surface area contributed by atoms with E-state index in [2.05, 4.69) is 10.3 Å². The van der Waals surface area contributed by atoms with Crippen LogP contribution in [-0.2, 0) is 6.42 Å². The fourth-order valence-corrected chi connectivity index (χ4v) is 3.31. The molecule has 1 heterocycles. The predicted octanol–water partition coefficient (Wildman–Crippen LogP) is 4.25. The molecule has 0 fully saturated rings. The summed E-state index contributed by atoms with van der Waals surface area (Å²) in [6.45, 7) is -0.794. The second kappa shape index (κ2) is 7.85. The third-order valence-corrected chi connectivity index (χ3v) is 4.55. The zero-order valence-corrected chi connectivity index (χ0v) is 14.4. The molecule has 1 aromatic heterocycles. The zero-order chi connectivity index (χ0) is 19.4. The van der Waals surface area contributed by atoms with Crippen molar-refractivity contribution in [2.75, 3.05) is 18.5 Å². The van der Waals surface area contributed by atoms with Crippen molar-refractivity contribution >= 4 is 11.7 Å². The molecule has 0 amide bonds. The van der Waals surface area contributed by atoms with Crippen LogP contribution >= 0.6 is 0 Å². The Kier molecular flexibility index (Phi) is 5.53. The van der Waals surface area contributed by atoms with Crippen LogP contribution in [0.4, 0.5) is 18.9 Å². The van der Waals surface area contributed by atoms with Gasteiger partial charge in [-0.3, -0.25) is 4.98 Å². The molecule has 2 N–H and O–H groups in total. The molecular formula is C19H19F3N2O3. The molecule has 1 aliphatic carbocycles. The van der Waals surface area contributed by atoms with Crippen molar-refractivity contribution in [2.45, 2.75) is 31.4 Å². The number of carbonyl (C=O) groups is 1. The van der Waals surface area contributed by atoms with E-state index in [1.165, 1.54) is 18.5 Å². The average molecular weight is 380 g/mol. The van der Waals surface area contributed by atoms with Crippen LogP contribution in [0, 0.1) is 0 Å². The van der Waals surface area contributed by atoms with Gasteiger partial charge < -0.3 is 15.2 Å². The van der Waals surface area contributed by atoms with E-state index < -0.39 is 18.8 Å². The predicted molar refractivity (Wildman–Crippen MR) is 93.4 cm³/mol. The zero-order valence-electron chi connectivity index (χ0n) is 14.4. The van der Waals surface area contributed by atoms with Gasteiger partial charge >= 0.3 is 12.1 Å². The van der Waals surface area contributed by atoms with Crippen molar-refractivity contribution in [3.05, 3.63) is 53.3 Å². The molecule has 1 aliphatic rings. The lowest BCUT2D eigenvalue weighted by atomic mass is 9.82. The minimum absolute atomic E-state index is 0.132. The molecule has 2 aromatic rings. The summed E-state index contributed by atoms with van der Waals surface area (Å²) in [4.78, 5) is 15.2. The molecule has 1 unspecified atom stereocenters. The monoisotopic (exact) mass is 380 g/mol. The number of hydrogen-bond acceptors (Lipinski definition) is 4. The second-order valence-electron chi connectivity index (χ2n) is 6.46. The van der Waals surface area contributed by atoms with E-state index in [4.69, 9.17) is 4.74 Å². The molecule has 8 heteroatoms. The van der Waals surface area contributed by atoms with Crippen LogP contribution in [0.25, 0.3) is 0 Å². The van der Waals surface area contributed by atoms with Gasteiger partial charge in [-0.05, 0) is 48.6 Å². The van der Waals surface area contributed by atoms with Crippen molar-refractivity contribution in [3.63, 3.8) is 0 Å². The van der Waals surface area contributed by atoms with Crippen LogP contribution in [0.5, 0.6) is 5.75 Å². The third-order valence-electron chi connectivity index (χ3n) is 4.55. The maximum absolute atomic E-state index is 12.3. The van der Waals surface area contributed by atoms with E-state index in [-0.39, 0.29) is 17.2 Å². The number of hydrogen-bond donors (Lipinski definition) is 2. The first-order valence-electron chi connectivity index (χ1n) is 8.57. The Morgan fingerprint density at radius 2 is 2.15 bits per heavy atom. The molecule has 0 radical (unpaired) electrons. The van der Waals surface area contributed by atoms with E-state index in [0.717, 1.165) is 30.4 Å². The minimum Gasteiger partial charge on any atom is -0.484 e. The number of aromatic carboxylic acids is 1. The molecule has 144 valence electrons. The van der Waals surface area contributed by atoms with E-state index in [1.807, 2.05) is 0 Å². The number of ether oxygens (including phenoxy) is 1. The Balaban J connectivity index is 1.70. The summed E-state index contributed by atoms with van der Waals surface area (Å²) in [5.74, 6) is -0.692. The highest BCUT2D eigenvalue weighted by molar-refractivity contribution is 5.93. The fraction of sp³-hybridized carbons (Fsp3) is 0.368. The number of aromatic nitrogens is 1. The van der Waals surface area contributed by atoms with E-state index in [1.54, 1.807) is 18.2 Å². The average Bonchev–Trinajstić information content (AvgIpc) is 2.64. The van der Waals surface area contributed by atoms with Gasteiger partial charge in [0.25, 0.3) is 0 Å². The topological polar surface area (TPSA) is 71.5 Å². The largest absolute Gasteiger partial charge is 0.484 e. The maximum Gasteiger partial charge on any atom is 0.422 e. The Morgan fingerprint density at radius 3 is 2.89 bits per heavy atom. The molecular weight excluding hydrogens is 361 g/mol. The molecule has 0 saturated carbocycles. The molecule has 1 atom stereocenters. The van der Waals surface area contributed by atoms with Gasteiger partial charge in [0.05, 0.1) is 17.4 Å². The summed E-state index contributed by atoms with van der Waals surface area (Å²) in [6.07, 6.45) is 1.12. The lowest BCUT2D eigenvalue weighted by Gasteiger charge is -2.27. The van der Waals surface area contributed by atoms with Gasteiger partial charge in [0.1, 0.15) is 5.75 Å². The molecule has 5 nitrogen and oxygen atoms in total. The van der Waals surface area contributed by atoms with E-state index in [0.29, 0.717) is 12.2 Å². The molecule has 3 rings (SSSR count). The molecule has 0 spiro atoms. The van der Waals surface area contributed by atoms with Crippen molar-refractivity contribution in [3.8, 4) is 5.75 Å². The molecule has 27 heavy (non-hydrogen) atoms. The Labute approximate surface area is 154 Å². The summed E-state index contributed by atoms with van der Waals surface area (Å²) in [5, 5.41) is 12.4. The molecule has 0 aliphatic heterocycles. The van der Waals surface area contributed by atoms with Crippen LogP contribution in [0.3, 0.4) is 0 Å². The van der Waals surface area contributed by atoms with Gasteiger partial charge in [-0.25, -0.2) is 4.79 Å². The van der Waals surface area contributed by atoms with Crippen molar-refractivity contribution < 1.29 is 27.8 Å². The number of alkyl halides is 3. The number of nitrogens with zero attached hydrogens (tertiary/aromatic N) is 1. The third kappa shape index (κ3) is 4.90. The van der Waals surface area contributed by atoms with Crippen LogP contribution in [0.2, 0.25) is 0 Å². The summed E-state index contributed by atoms with van der Waals surface area (Å²) in [6, 6.07) is 6.45. The van der Waals surface area contributed by atoms with Gasteiger partial charge in [-0.1, -0.05) is 6.07 Å². The lowest BCUT2D eigenvalue weighted by molar-refractivity contribution is -0.153. The van der Waals surface area contributed by atoms with E-state index in [9.17, 15) is 23.1 Å². The van der Waals surface area contributed by atoms with Crippen LogP contribution in [-0.4, -0.2) is 35.4 Å². The van der Waals surface area contributed by atoms with Crippen LogP contribution < -0.4 is 10.1 Å². The smallest absolute Gasteiger partial charge is 0.422 e. The van der Waals surface area contributed by atoms with Crippen molar-refractivity contribution in [2.24, 2.45) is 0 Å². The Hall–Kier alpha value is -2.77. The summed E-state index contributed by atoms with van der Waals surface area (Å²) in [7, 11) is 0. The van der Waals surface area contributed by atoms with E-state index >= 15 is 0 Å². The fourth-order valence-electron chi connectivity index (χ4n) is 3.31. The number of halogens is 3. The number of carboxylic acid groups (broad SMARTS) is 1. The Bertz CT molecular complexity index is 824. The summed E-state index contributed by atoms with van der Waals surface area (Å²) in [5.41, 5.74) is 2.62. The van der Waals surface area contributed by atoms with Crippen molar-refractivity contribution in [1.29, 1.82) is 0 Å². The number of nitrogens with one attached hydrogen (secondary N) is 1. The highest BCUT2D eigenvalue weighted by atomic mass is 19.4. The number of benzene rings is 1. The normalized spacial score (nSPS) is 16.5. The number of rotatable bonds is 6. The second-order valence-corrected chi connectivity index (χ2v) is 6.46. The first-order valence-corrected chi connectivity index (χ1v) is 8.57. The quantitative estimate of drug-likeness (QED) is 0.784. The maximum atomic E-state index is 12.3. The lowest BCUT2D eigenvalue weighted by Crippen LogP contribution is -2.21. The number of aryl methyl sites for hydroxylation is 1. The summed E-state index contributed by atoms with van der Waals surface area (Å²) >= 11 is 0. The Morgan fingerprint density at radius 1 is 1.33 bits per heavy atom. The SMILES string of the molecule is O=C(O)c1ccncc1NCC1CCCc2cc(OCC(F)(F)F)ccc21. The van der Waals surface area contributed by atoms with Gasteiger partial charge in [-0.2, -0.15) is 13.2 Å². The number of anilines is 1. The number of pyridine rings is 1. The minimum atomic E-state index is -4.37. The highest BCUT2D eigenvalue weighted by Crippen LogP contribution is 2.34. The molecule has 0 bridgehead atoms. The molecule has 0 saturated heterocycles. The van der Waals surface area contributed by atoms with Gasteiger partial charge in [0.15, 0.2) is 6.61 Å². The molecule has 1 aromatic carbocycles. The van der Waals surface area contributed by atoms with Gasteiger partial charge in [0, 0.05) is 18.7 Å². The standard InChI is InChI=1S/C19H19F3N2O3/c20-19(21,22)11-27-14-4-5-15-12(8-14)2-1-3-13(15)9-24-17-10-23-7-6-16(17)18(25)26/h4-8,10,13,24H,1-3,9,11H2,(H,25,26). The first-order chi connectivity index (χ1) is 12.8. The van der Waals surface area contributed by atoms with Gasteiger partial charge in [0.2, 0.25) is 0 Å². The van der Waals surface area contributed by atoms with Crippen LogP contribution in [0.15, 0.2) is 36.7 Å². The summed E-state index contributed by atoms with van der Waals surface area (Å²) < 4.78 is 41.8. The number of fused-ring (bicyclic) bond motifs is 1. The first kappa shape index (κ1) is 19.0. The highest BCUT2D eigenvalue weighted by Gasteiger charge is 2.29. The van der Waals surface area contributed by atoms with Crippen LogP contribution in [0.1, 0.15) is 40.2 Å². The number of carboxylic acids is 1.